The molecule has 0 spiro atoms. The SMILES string of the molecule is CC(C)(C)NC(=O)CCNCc1ccc(F)c(Cl)c1. The topological polar surface area (TPSA) is 41.1 Å². The molecule has 0 aliphatic rings. The van der Waals surface area contributed by atoms with E-state index in [9.17, 15) is 9.18 Å². The Bertz CT molecular complexity index is 444. The van der Waals surface area contributed by atoms with Gasteiger partial charge in [-0.15, -0.1) is 0 Å². The zero-order valence-electron chi connectivity index (χ0n) is 11.5. The highest BCUT2D eigenvalue weighted by molar-refractivity contribution is 6.30. The minimum absolute atomic E-state index is 0.0112. The molecule has 1 amide bonds. The fourth-order valence-corrected chi connectivity index (χ4v) is 1.77. The monoisotopic (exact) mass is 286 g/mol. The Morgan fingerprint density at radius 3 is 2.63 bits per heavy atom. The van der Waals surface area contributed by atoms with E-state index in [1.807, 2.05) is 20.8 Å². The molecule has 5 heteroatoms. The van der Waals surface area contributed by atoms with E-state index in [0.717, 1.165) is 5.56 Å². The van der Waals surface area contributed by atoms with Gasteiger partial charge in [-0.25, -0.2) is 4.39 Å². The third-order valence-corrected chi connectivity index (χ3v) is 2.65. The molecule has 0 aliphatic heterocycles. The number of carbonyl (C=O) groups is 1. The van der Waals surface area contributed by atoms with Crippen molar-refractivity contribution in [3.05, 3.63) is 34.6 Å². The summed E-state index contributed by atoms with van der Waals surface area (Å²) in [6.07, 6.45) is 0.409. The molecule has 3 nitrogen and oxygen atoms in total. The summed E-state index contributed by atoms with van der Waals surface area (Å²) >= 11 is 5.68. The van der Waals surface area contributed by atoms with Gasteiger partial charge in [-0.3, -0.25) is 4.79 Å². The average Bonchev–Trinajstić information content (AvgIpc) is 2.27. The second-order valence-corrected chi connectivity index (χ2v) is 5.88. The summed E-state index contributed by atoms with van der Waals surface area (Å²) in [5.41, 5.74) is 0.685. The van der Waals surface area contributed by atoms with Crippen LogP contribution in [-0.4, -0.2) is 18.0 Å². The van der Waals surface area contributed by atoms with E-state index in [2.05, 4.69) is 10.6 Å². The Labute approximate surface area is 118 Å². The van der Waals surface area contributed by atoms with Crippen LogP contribution < -0.4 is 10.6 Å². The minimum atomic E-state index is -0.421. The molecular weight excluding hydrogens is 267 g/mol. The molecule has 1 aromatic rings. The summed E-state index contributed by atoms with van der Waals surface area (Å²) in [5.74, 6) is -0.410. The Kier molecular flexibility index (Phi) is 5.76. The number of halogens is 2. The average molecular weight is 287 g/mol. The van der Waals surface area contributed by atoms with Crippen LogP contribution in [0.15, 0.2) is 18.2 Å². The van der Waals surface area contributed by atoms with Crippen molar-refractivity contribution in [2.24, 2.45) is 0 Å². The number of hydrogen-bond donors (Lipinski definition) is 2. The van der Waals surface area contributed by atoms with Crippen molar-refractivity contribution in [3.63, 3.8) is 0 Å². The summed E-state index contributed by atoms with van der Waals surface area (Å²) in [6, 6.07) is 4.59. The summed E-state index contributed by atoms with van der Waals surface area (Å²) < 4.78 is 12.9. The van der Waals surface area contributed by atoms with Crippen molar-refractivity contribution in [1.82, 2.24) is 10.6 Å². The lowest BCUT2D eigenvalue weighted by atomic mass is 10.1. The number of carbonyl (C=O) groups excluding carboxylic acids is 1. The fraction of sp³-hybridized carbons (Fsp3) is 0.500. The molecule has 0 saturated carbocycles. The van der Waals surface area contributed by atoms with Crippen molar-refractivity contribution < 1.29 is 9.18 Å². The van der Waals surface area contributed by atoms with Crippen LogP contribution in [0.25, 0.3) is 0 Å². The van der Waals surface area contributed by atoms with Crippen molar-refractivity contribution >= 4 is 17.5 Å². The first-order valence-corrected chi connectivity index (χ1v) is 6.61. The van der Waals surface area contributed by atoms with Crippen molar-refractivity contribution in [1.29, 1.82) is 0 Å². The number of benzene rings is 1. The maximum absolute atomic E-state index is 12.9. The van der Waals surface area contributed by atoms with Gasteiger partial charge in [-0.1, -0.05) is 17.7 Å². The standard InChI is InChI=1S/C14H20ClFN2O/c1-14(2,3)18-13(19)6-7-17-9-10-4-5-12(16)11(15)8-10/h4-5,8,17H,6-7,9H2,1-3H3,(H,18,19). The van der Waals surface area contributed by atoms with Gasteiger partial charge in [0.2, 0.25) is 5.91 Å². The zero-order chi connectivity index (χ0) is 14.5. The molecule has 0 fully saturated rings. The first kappa shape index (κ1) is 15.9. The first-order valence-electron chi connectivity index (χ1n) is 6.23. The summed E-state index contributed by atoms with van der Waals surface area (Å²) in [5, 5.41) is 6.12. The van der Waals surface area contributed by atoms with Crippen LogP contribution in [0.5, 0.6) is 0 Å². The number of nitrogens with one attached hydrogen (secondary N) is 2. The maximum Gasteiger partial charge on any atom is 0.221 e. The number of hydrogen-bond acceptors (Lipinski definition) is 2. The van der Waals surface area contributed by atoms with Gasteiger partial charge >= 0.3 is 0 Å². The molecule has 0 saturated heterocycles. The second-order valence-electron chi connectivity index (χ2n) is 5.47. The van der Waals surface area contributed by atoms with Gasteiger partial charge in [0.05, 0.1) is 5.02 Å². The smallest absolute Gasteiger partial charge is 0.221 e. The lowest BCUT2D eigenvalue weighted by Crippen LogP contribution is -2.41. The van der Waals surface area contributed by atoms with Crippen LogP contribution in [0.2, 0.25) is 5.02 Å². The van der Waals surface area contributed by atoms with Crippen LogP contribution in [0.4, 0.5) is 4.39 Å². The van der Waals surface area contributed by atoms with E-state index in [1.54, 1.807) is 12.1 Å². The van der Waals surface area contributed by atoms with E-state index in [4.69, 9.17) is 11.6 Å². The van der Waals surface area contributed by atoms with Crippen LogP contribution in [-0.2, 0) is 11.3 Å². The summed E-state index contributed by atoms with van der Waals surface area (Å²) in [6.45, 7) is 6.95. The van der Waals surface area contributed by atoms with Gasteiger partial charge < -0.3 is 10.6 Å². The quantitative estimate of drug-likeness (QED) is 0.817. The van der Waals surface area contributed by atoms with Gasteiger partial charge in [0.25, 0.3) is 0 Å². The Morgan fingerprint density at radius 1 is 1.37 bits per heavy atom. The molecule has 2 N–H and O–H groups in total. The molecular formula is C14H20ClFN2O. The molecule has 0 unspecified atom stereocenters. The Hall–Kier alpha value is -1.13. The number of amides is 1. The summed E-state index contributed by atoms with van der Waals surface area (Å²) in [7, 11) is 0. The summed E-state index contributed by atoms with van der Waals surface area (Å²) in [4.78, 5) is 11.5. The molecule has 0 heterocycles. The molecule has 0 bridgehead atoms. The highest BCUT2D eigenvalue weighted by atomic mass is 35.5. The predicted molar refractivity (Wildman–Crippen MR) is 75.6 cm³/mol. The molecule has 19 heavy (non-hydrogen) atoms. The third kappa shape index (κ3) is 6.55. The molecule has 106 valence electrons. The van der Waals surface area contributed by atoms with Crippen molar-refractivity contribution in [2.75, 3.05) is 6.54 Å². The van der Waals surface area contributed by atoms with E-state index >= 15 is 0 Å². The third-order valence-electron chi connectivity index (χ3n) is 2.36. The van der Waals surface area contributed by atoms with E-state index in [-0.39, 0.29) is 16.5 Å². The molecule has 0 aromatic heterocycles. The van der Waals surface area contributed by atoms with Crippen LogP contribution in [0.1, 0.15) is 32.8 Å². The lowest BCUT2D eigenvalue weighted by molar-refractivity contribution is -0.122. The molecule has 0 atom stereocenters. The molecule has 1 aromatic carbocycles. The normalized spacial score (nSPS) is 11.4. The molecule has 1 rings (SSSR count). The van der Waals surface area contributed by atoms with Crippen molar-refractivity contribution in [3.8, 4) is 0 Å². The Balaban J connectivity index is 2.27. The van der Waals surface area contributed by atoms with Crippen molar-refractivity contribution in [2.45, 2.75) is 39.3 Å². The lowest BCUT2D eigenvalue weighted by Gasteiger charge is -2.20. The van der Waals surface area contributed by atoms with E-state index in [0.29, 0.717) is 19.5 Å². The first-order chi connectivity index (χ1) is 8.78. The van der Waals surface area contributed by atoms with E-state index in [1.165, 1.54) is 6.07 Å². The predicted octanol–water partition coefficient (Wildman–Crippen LogP) is 2.87. The maximum atomic E-state index is 12.9. The van der Waals surface area contributed by atoms with Gasteiger partial charge in [-0.2, -0.15) is 0 Å². The van der Waals surface area contributed by atoms with Gasteiger partial charge in [0.1, 0.15) is 5.82 Å². The Morgan fingerprint density at radius 2 is 2.05 bits per heavy atom. The fourth-order valence-electron chi connectivity index (χ4n) is 1.56. The second kappa shape index (κ2) is 6.87. The van der Waals surface area contributed by atoms with Gasteiger partial charge in [0, 0.05) is 25.0 Å². The zero-order valence-corrected chi connectivity index (χ0v) is 12.3. The number of rotatable bonds is 5. The molecule has 0 aliphatic carbocycles. The van der Waals surface area contributed by atoms with Gasteiger partial charge in [-0.05, 0) is 38.5 Å². The van der Waals surface area contributed by atoms with Crippen LogP contribution >= 0.6 is 11.6 Å². The largest absolute Gasteiger partial charge is 0.351 e. The molecule has 0 radical (unpaired) electrons. The van der Waals surface area contributed by atoms with Gasteiger partial charge in [0.15, 0.2) is 0 Å². The highest BCUT2D eigenvalue weighted by Crippen LogP contribution is 2.15. The van der Waals surface area contributed by atoms with E-state index < -0.39 is 5.82 Å². The van der Waals surface area contributed by atoms with Crippen LogP contribution in [0.3, 0.4) is 0 Å². The minimum Gasteiger partial charge on any atom is -0.351 e. The van der Waals surface area contributed by atoms with Crippen LogP contribution in [0, 0.1) is 5.82 Å². The highest BCUT2D eigenvalue weighted by Gasteiger charge is 2.12.